The lowest BCUT2D eigenvalue weighted by atomic mass is 10.0. The molecule has 1 aromatic heterocycles. The number of phenolic OH excluding ortho intramolecular Hbond substituents is 1. The molecule has 1 aliphatic heterocycles. The van der Waals surface area contributed by atoms with Gasteiger partial charge in [-0.3, -0.25) is 9.78 Å². The number of hydrazone groups is 1. The van der Waals surface area contributed by atoms with Crippen molar-refractivity contribution in [1.29, 1.82) is 0 Å². The number of aromatic hydroxyl groups is 1. The zero-order chi connectivity index (χ0) is 14.1. The lowest BCUT2D eigenvalue weighted by molar-refractivity contribution is -0.119. The van der Waals surface area contributed by atoms with Gasteiger partial charge in [0.15, 0.2) is 0 Å². The van der Waals surface area contributed by atoms with Gasteiger partial charge in [-0.2, -0.15) is 10.1 Å². The van der Waals surface area contributed by atoms with Crippen LogP contribution in [0, 0.1) is 5.92 Å². The Morgan fingerprint density at radius 2 is 1.95 bits per heavy atom. The number of hydrogen-bond acceptors (Lipinski definition) is 4. The molecule has 3 rings (SSSR count). The van der Waals surface area contributed by atoms with Gasteiger partial charge in [0.05, 0.1) is 17.3 Å². The number of nitrogens with zero attached hydrogens (tertiary/aromatic N) is 3. The standard InChI is InChI=1S/C15H13N3O2/c1-10-14(11-3-2-8-16-9-11)17-18(15(10)20)12-4-6-13(19)7-5-12/h2-10,19H,1H3. The summed E-state index contributed by atoms with van der Waals surface area (Å²) in [5.74, 6) is -0.243. The van der Waals surface area contributed by atoms with Crippen LogP contribution in [-0.2, 0) is 4.79 Å². The molecule has 0 bridgehead atoms. The number of anilines is 1. The van der Waals surface area contributed by atoms with E-state index in [1.165, 1.54) is 17.1 Å². The van der Waals surface area contributed by atoms with Crippen molar-refractivity contribution in [2.24, 2.45) is 11.0 Å². The van der Waals surface area contributed by atoms with E-state index < -0.39 is 0 Å². The van der Waals surface area contributed by atoms with E-state index in [4.69, 9.17) is 0 Å². The number of pyridine rings is 1. The van der Waals surface area contributed by atoms with Crippen molar-refractivity contribution in [2.45, 2.75) is 6.92 Å². The zero-order valence-corrected chi connectivity index (χ0v) is 10.9. The maximum absolute atomic E-state index is 12.3. The lowest BCUT2D eigenvalue weighted by Crippen LogP contribution is -2.25. The molecule has 0 radical (unpaired) electrons. The van der Waals surface area contributed by atoms with Crippen molar-refractivity contribution < 1.29 is 9.90 Å². The Hall–Kier alpha value is -2.69. The third kappa shape index (κ3) is 2.03. The quantitative estimate of drug-likeness (QED) is 0.906. The topological polar surface area (TPSA) is 65.8 Å². The van der Waals surface area contributed by atoms with Gasteiger partial charge in [-0.25, -0.2) is 0 Å². The second-order valence-corrected chi connectivity index (χ2v) is 4.62. The molecule has 0 saturated carbocycles. The molecular formula is C15H13N3O2. The van der Waals surface area contributed by atoms with Gasteiger partial charge < -0.3 is 5.11 Å². The van der Waals surface area contributed by atoms with Crippen LogP contribution in [0.2, 0.25) is 0 Å². The first-order chi connectivity index (χ1) is 9.66. The highest BCUT2D eigenvalue weighted by atomic mass is 16.3. The maximum Gasteiger partial charge on any atom is 0.256 e. The van der Waals surface area contributed by atoms with E-state index in [-0.39, 0.29) is 17.6 Å². The molecule has 0 spiro atoms. The zero-order valence-electron chi connectivity index (χ0n) is 10.9. The summed E-state index contributed by atoms with van der Waals surface area (Å²) in [6, 6.07) is 10.1. The second-order valence-electron chi connectivity index (χ2n) is 4.62. The molecule has 1 N–H and O–H groups in total. The Labute approximate surface area is 116 Å². The summed E-state index contributed by atoms with van der Waals surface area (Å²) in [7, 11) is 0. The number of aromatic nitrogens is 1. The Balaban J connectivity index is 1.99. The van der Waals surface area contributed by atoms with Crippen LogP contribution in [0.5, 0.6) is 5.75 Å². The highest BCUT2D eigenvalue weighted by molar-refractivity contribution is 6.21. The van der Waals surface area contributed by atoms with Gasteiger partial charge in [-0.1, -0.05) is 0 Å². The summed E-state index contributed by atoms with van der Waals surface area (Å²) >= 11 is 0. The number of benzene rings is 1. The minimum atomic E-state index is -0.312. The first-order valence-corrected chi connectivity index (χ1v) is 6.29. The number of rotatable bonds is 2. The van der Waals surface area contributed by atoms with Crippen LogP contribution >= 0.6 is 0 Å². The third-order valence-electron chi connectivity index (χ3n) is 3.25. The minimum absolute atomic E-state index is 0.0884. The predicted molar refractivity (Wildman–Crippen MR) is 75.5 cm³/mol. The Morgan fingerprint density at radius 3 is 2.60 bits per heavy atom. The van der Waals surface area contributed by atoms with Crippen molar-refractivity contribution in [3.8, 4) is 5.75 Å². The fourth-order valence-electron chi connectivity index (χ4n) is 2.14. The molecule has 100 valence electrons. The molecule has 0 fully saturated rings. The number of phenols is 1. The van der Waals surface area contributed by atoms with Crippen molar-refractivity contribution in [1.82, 2.24) is 4.98 Å². The third-order valence-corrected chi connectivity index (χ3v) is 3.25. The highest BCUT2D eigenvalue weighted by Crippen LogP contribution is 2.27. The maximum atomic E-state index is 12.3. The molecule has 1 amide bonds. The molecule has 0 saturated heterocycles. The van der Waals surface area contributed by atoms with E-state index >= 15 is 0 Å². The molecule has 1 unspecified atom stereocenters. The first-order valence-electron chi connectivity index (χ1n) is 6.29. The van der Waals surface area contributed by atoms with Crippen molar-refractivity contribution >= 4 is 17.3 Å². The van der Waals surface area contributed by atoms with Crippen molar-refractivity contribution in [2.75, 3.05) is 5.01 Å². The fourth-order valence-corrected chi connectivity index (χ4v) is 2.14. The van der Waals surface area contributed by atoms with Gasteiger partial charge in [0.2, 0.25) is 0 Å². The molecule has 2 aromatic rings. The molecule has 1 aliphatic rings. The van der Waals surface area contributed by atoms with Crippen LogP contribution in [0.25, 0.3) is 0 Å². The normalized spacial score (nSPS) is 18.2. The summed E-state index contributed by atoms with van der Waals surface area (Å²) in [5.41, 5.74) is 2.18. The van der Waals surface area contributed by atoms with E-state index in [9.17, 15) is 9.90 Å². The highest BCUT2D eigenvalue weighted by Gasteiger charge is 2.33. The van der Waals surface area contributed by atoms with E-state index in [1.54, 1.807) is 24.5 Å². The van der Waals surface area contributed by atoms with E-state index in [0.717, 1.165) is 5.56 Å². The van der Waals surface area contributed by atoms with Crippen LogP contribution in [0.1, 0.15) is 12.5 Å². The van der Waals surface area contributed by atoms with E-state index in [0.29, 0.717) is 11.4 Å². The number of amides is 1. The number of hydrogen-bond donors (Lipinski definition) is 1. The summed E-state index contributed by atoms with van der Waals surface area (Å²) < 4.78 is 0. The average molecular weight is 267 g/mol. The molecule has 20 heavy (non-hydrogen) atoms. The molecule has 5 heteroatoms. The first kappa shape index (κ1) is 12.3. The lowest BCUT2D eigenvalue weighted by Gasteiger charge is -2.12. The minimum Gasteiger partial charge on any atom is -0.508 e. The van der Waals surface area contributed by atoms with Gasteiger partial charge in [0.1, 0.15) is 5.75 Å². The summed E-state index contributed by atoms with van der Waals surface area (Å²) in [4.78, 5) is 16.4. The van der Waals surface area contributed by atoms with E-state index in [2.05, 4.69) is 10.1 Å². The average Bonchev–Trinajstić information content (AvgIpc) is 2.77. The molecular weight excluding hydrogens is 254 g/mol. The van der Waals surface area contributed by atoms with Gasteiger partial charge >= 0.3 is 0 Å². The van der Waals surface area contributed by atoms with Crippen LogP contribution in [-0.4, -0.2) is 21.7 Å². The summed E-state index contributed by atoms with van der Waals surface area (Å²) in [6.07, 6.45) is 3.38. The SMILES string of the molecule is CC1C(=O)N(c2ccc(O)cc2)N=C1c1cccnc1. The molecule has 1 aromatic carbocycles. The molecule has 5 nitrogen and oxygen atoms in total. The molecule has 0 aliphatic carbocycles. The monoisotopic (exact) mass is 267 g/mol. The largest absolute Gasteiger partial charge is 0.508 e. The number of carbonyl (C=O) groups is 1. The predicted octanol–water partition coefficient (Wildman–Crippen LogP) is 2.17. The Bertz CT molecular complexity index is 665. The van der Waals surface area contributed by atoms with Crippen LogP contribution in [0.15, 0.2) is 53.9 Å². The van der Waals surface area contributed by atoms with Gasteiger partial charge in [-0.15, -0.1) is 0 Å². The van der Waals surface area contributed by atoms with Crippen molar-refractivity contribution in [3.63, 3.8) is 0 Å². The molecule has 2 heterocycles. The Morgan fingerprint density at radius 1 is 1.20 bits per heavy atom. The van der Waals surface area contributed by atoms with Gasteiger partial charge in [0, 0.05) is 18.0 Å². The molecule has 1 atom stereocenters. The smallest absolute Gasteiger partial charge is 0.256 e. The van der Waals surface area contributed by atoms with Crippen LogP contribution in [0.4, 0.5) is 5.69 Å². The van der Waals surface area contributed by atoms with Gasteiger partial charge in [0.25, 0.3) is 5.91 Å². The van der Waals surface area contributed by atoms with Crippen LogP contribution in [0.3, 0.4) is 0 Å². The summed E-state index contributed by atoms with van der Waals surface area (Å²) in [5, 5.41) is 15.1. The van der Waals surface area contributed by atoms with E-state index in [1.807, 2.05) is 19.1 Å². The fraction of sp³-hybridized carbons (Fsp3) is 0.133. The summed E-state index contributed by atoms with van der Waals surface area (Å²) in [6.45, 7) is 1.83. The van der Waals surface area contributed by atoms with Gasteiger partial charge in [-0.05, 0) is 43.3 Å². The van der Waals surface area contributed by atoms with Crippen molar-refractivity contribution in [3.05, 3.63) is 54.4 Å². The number of carbonyl (C=O) groups excluding carboxylic acids is 1. The van der Waals surface area contributed by atoms with Crippen LogP contribution < -0.4 is 5.01 Å². The Kier molecular flexibility index (Phi) is 2.95. The second kappa shape index (κ2) is 4.77.